The number of hydrogen-bond donors (Lipinski definition) is 3. The van der Waals surface area contributed by atoms with Crippen molar-refractivity contribution in [2.45, 2.75) is 72.0 Å². The second-order valence-electron chi connectivity index (χ2n) is 10.9. The van der Waals surface area contributed by atoms with Crippen molar-refractivity contribution in [1.29, 1.82) is 0 Å². The number of amides is 1. The number of carbonyl (C=O) groups excluding carboxylic acids is 1. The van der Waals surface area contributed by atoms with Gasteiger partial charge in [0.25, 0.3) is 0 Å². The number of nitrogens with zero attached hydrogens (tertiary/aromatic N) is 3. The number of aromatic nitrogens is 3. The molecule has 0 bridgehead atoms. The Bertz CT molecular complexity index is 1200. The zero-order valence-corrected chi connectivity index (χ0v) is 23.0. The van der Waals surface area contributed by atoms with Crippen LogP contribution < -0.4 is 10.6 Å². The predicted octanol–water partition coefficient (Wildman–Crippen LogP) is 6.65. The standard InChI is InChI=1S/C30H42N6O2/c1-4-6-10-22(5-2)20-38-30(37)33-29-25-17-32-28-24(13-15-31-28)27(25)36(34-29)26-19-35(16-14-21(26)3)18-23-11-8-7-9-12-23/h7-9,11-13,15,21-22,26,31-32H,4-6,10,14,16-20H2,1-3H3,(H,33,34,37)/t21-,22?,26+/m1/s1. The summed E-state index contributed by atoms with van der Waals surface area (Å²) in [5, 5.41) is 11.5. The van der Waals surface area contributed by atoms with Gasteiger partial charge in [-0.1, -0.05) is 70.4 Å². The van der Waals surface area contributed by atoms with Crippen LogP contribution in [0.1, 0.15) is 70.0 Å². The largest absolute Gasteiger partial charge is 0.449 e. The van der Waals surface area contributed by atoms with Gasteiger partial charge < -0.3 is 15.0 Å². The summed E-state index contributed by atoms with van der Waals surface area (Å²) in [4.78, 5) is 18.7. The maximum absolute atomic E-state index is 12.9. The second kappa shape index (κ2) is 12.1. The number of H-pyrrole nitrogens is 1. The molecule has 1 amide bonds. The third-order valence-corrected chi connectivity index (χ3v) is 8.23. The van der Waals surface area contributed by atoms with Crippen LogP contribution in [-0.4, -0.2) is 45.5 Å². The normalized spacial score (nSPS) is 19.8. The van der Waals surface area contributed by atoms with Gasteiger partial charge in [-0.3, -0.25) is 14.9 Å². The van der Waals surface area contributed by atoms with Crippen LogP contribution in [-0.2, 0) is 17.8 Å². The summed E-state index contributed by atoms with van der Waals surface area (Å²) in [6.45, 7) is 10.6. The lowest BCUT2D eigenvalue weighted by molar-refractivity contribution is 0.120. The fourth-order valence-corrected chi connectivity index (χ4v) is 5.79. The highest BCUT2D eigenvalue weighted by Gasteiger charge is 2.35. The molecular formula is C30H42N6O2. The van der Waals surface area contributed by atoms with Crippen LogP contribution in [0.25, 0.3) is 11.3 Å². The average Bonchev–Trinajstić information content (AvgIpc) is 3.55. The Morgan fingerprint density at radius 2 is 2.08 bits per heavy atom. The van der Waals surface area contributed by atoms with Crippen molar-refractivity contribution in [1.82, 2.24) is 19.7 Å². The topological polar surface area (TPSA) is 87.2 Å². The molecular weight excluding hydrogens is 476 g/mol. The zero-order valence-electron chi connectivity index (χ0n) is 23.0. The third-order valence-electron chi connectivity index (χ3n) is 8.23. The molecule has 0 aliphatic carbocycles. The highest BCUT2D eigenvalue weighted by Crippen LogP contribution is 2.42. The van der Waals surface area contributed by atoms with Gasteiger partial charge in [-0.05, 0) is 42.9 Å². The predicted molar refractivity (Wildman–Crippen MR) is 152 cm³/mol. The van der Waals surface area contributed by atoms with Gasteiger partial charge >= 0.3 is 6.09 Å². The first-order valence-electron chi connectivity index (χ1n) is 14.3. The minimum Gasteiger partial charge on any atom is -0.449 e. The number of rotatable bonds is 10. The molecule has 0 saturated carbocycles. The van der Waals surface area contributed by atoms with Crippen molar-refractivity contribution < 1.29 is 9.53 Å². The molecule has 4 heterocycles. The van der Waals surface area contributed by atoms with E-state index in [-0.39, 0.29) is 6.04 Å². The van der Waals surface area contributed by atoms with Crippen LogP contribution in [0.2, 0.25) is 0 Å². The second-order valence-corrected chi connectivity index (χ2v) is 10.9. The molecule has 38 heavy (non-hydrogen) atoms. The van der Waals surface area contributed by atoms with Crippen LogP contribution in [0.15, 0.2) is 42.6 Å². The molecule has 2 aromatic heterocycles. The number of piperidine rings is 1. The number of likely N-dealkylation sites (tertiary alicyclic amines) is 1. The first-order chi connectivity index (χ1) is 18.6. The molecule has 2 aliphatic heterocycles. The summed E-state index contributed by atoms with van der Waals surface area (Å²) in [6.07, 6.45) is 7.05. The Hall–Kier alpha value is -3.26. The Labute approximate surface area is 226 Å². The number of benzene rings is 1. The smallest absolute Gasteiger partial charge is 0.412 e. The van der Waals surface area contributed by atoms with Crippen LogP contribution >= 0.6 is 0 Å². The van der Waals surface area contributed by atoms with E-state index in [1.807, 2.05) is 6.20 Å². The van der Waals surface area contributed by atoms with Crippen molar-refractivity contribution in [3.05, 3.63) is 53.7 Å². The SMILES string of the molecule is CCCCC(CC)COC(=O)Nc1nn([C@H]2CN(Cc3ccccc3)CC[C@H]2C)c2c1CNc1[nH]ccc1-2. The fourth-order valence-electron chi connectivity index (χ4n) is 5.79. The average molecular weight is 519 g/mol. The van der Waals surface area contributed by atoms with Gasteiger partial charge in [0.1, 0.15) is 5.82 Å². The summed E-state index contributed by atoms with van der Waals surface area (Å²) < 4.78 is 7.84. The molecule has 2 aliphatic rings. The lowest BCUT2D eigenvalue weighted by Gasteiger charge is -2.38. The quantitative estimate of drug-likeness (QED) is 0.280. The molecule has 204 valence electrons. The Balaban J connectivity index is 1.37. The molecule has 1 unspecified atom stereocenters. The van der Waals surface area contributed by atoms with Gasteiger partial charge in [0.15, 0.2) is 5.82 Å². The van der Waals surface area contributed by atoms with E-state index in [9.17, 15) is 4.79 Å². The molecule has 8 nitrogen and oxygen atoms in total. The summed E-state index contributed by atoms with van der Waals surface area (Å²) in [7, 11) is 0. The van der Waals surface area contributed by atoms with Crippen molar-refractivity contribution in [3.8, 4) is 11.3 Å². The fraction of sp³-hybridized carbons (Fsp3) is 0.533. The highest BCUT2D eigenvalue weighted by molar-refractivity contribution is 5.89. The van der Waals surface area contributed by atoms with Crippen molar-refractivity contribution in [2.24, 2.45) is 11.8 Å². The molecule has 8 heteroatoms. The Kier molecular flexibility index (Phi) is 8.37. The maximum atomic E-state index is 12.9. The molecule has 1 fully saturated rings. The van der Waals surface area contributed by atoms with Crippen molar-refractivity contribution in [2.75, 3.05) is 30.3 Å². The first kappa shape index (κ1) is 26.4. The van der Waals surface area contributed by atoms with E-state index in [1.54, 1.807) is 0 Å². The molecule has 0 radical (unpaired) electrons. The van der Waals surface area contributed by atoms with Crippen LogP contribution in [0, 0.1) is 11.8 Å². The van der Waals surface area contributed by atoms with Gasteiger partial charge in [-0.2, -0.15) is 5.10 Å². The highest BCUT2D eigenvalue weighted by atomic mass is 16.5. The first-order valence-corrected chi connectivity index (χ1v) is 14.3. The lowest BCUT2D eigenvalue weighted by atomic mass is 9.92. The van der Waals surface area contributed by atoms with E-state index in [4.69, 9.17) is 9.84 Å². The number of anilines is 2. The Morgan fingerprint density at radius 1 is 1.24 bits per heavy atom. The monoisotopic (exact) mass is 518 g/mol. The Morgan fingerprint density at radius 3 is 2.87 bits per heavy atom. The van der Waals surface area contributed by atoms with Crippen LogP contribution in [0.5, 0.6) is 0 Å². The summed E-state index contributed by atoms with van der Waals surface area (Å²) in [5.41, 5.74) is 4.52. The maximum Gasteiger partial charge on any atom is 0.412 e. The van der Waals surface area contributed by atoms with Crippen molar-refractivity contribution >= 4 is 17.7 Å². The molecule has 3 atom stereocenters. The number of hydrogen-bond acceptors (Lipinski definition) is 5. The van der Waals surface area contributed by atoms with E-state index in [2.05, 4.69) is 82.4 Å². The third kappa shape index (κ3) is 5.75. The molecule has 1 aromatic carbocycles. The van der Waals surface area contributed by atoms with Gasteiger partial charge in [0.2, 0.25) is 0 Å². The van der Waals surface area contributed by atoms with E-state index < -0.39 is 6.09 Å². The molecule has 1 saturated heterocycles. The number of nitrogens with one attached hydrogen (secondary N) is 3. The van der Waals surface area contributed by atoms with Crippen LogP contribution in [0.3, 0.4) is 0 Å². The summed E-state index contributed by atoms with van der Waals surface area (Å²) >= 11 is 0. The molecule has 0 spiro atoms. The van der Waals surface area contributed by atoms with E-state index >= 15 is 0 Å². The molecule has 5 rings (SSSR count). The molecule has 3 aromatic rings. The van der Waals surface area contributed by atoms with E-state index in [0.29, 0.717) is 30.8 Å². The van der Waals surface area contributed by atoms with Gasteiger partial charge in [-0.25, -0.2) is 4.79 Å². The minimum atomic E-state index is -0.422. The van der Waals surface area contributed by atoms with Crippen LogP contribution in [0.4, 0.5) is 16.4 Å². The number of aromatic amines is 1. The lowest BCUT2D eigenvalue weighted by Crippen LogP contribution is -2.41. The number of fused-ring (bicyclic) bond motifs is 3. The van der Waals surface area contributed by atoms with E-state index in [1.165, 1.54) is 5.56 Å². The van der Waals surface area contributed by atoms with Gasteiger partial charge in [0, 0.05) is 37.0 Å². The minimum absolute atomic E-state index is 0.201. The van der Waals surface area contributed by atoms with Gasteiger partial charge in [-0.15, -0.1) is 0 Å². The van der Waals surface area contributed by atoms with Crippen molar-refractivity contribution in [3.63, 3.8) is 0 Å². The molecule has 3 N–H and O–H groups in total. The van der Waals surface area contributed by atoms with Gasteiger partial charge in [0.05, 0.1) is 18.3 Å². The number of carbonyl (C=O) groups is 1. The summed E-state index contributed by atoms with van der Waals surface area (Å²) in [5.74, 6) is 2.46. The number of unbranched alkanes of at least 4 members (excludes halogenated alkanes) is 1. The number of ether oxygens (including phenoxy) is 1. The summed E-state index contributed by atoms with van der Waals surface area (Å²) in [6, 6.07) is 13.0. The zero-order chi connectivity index (χ0) is 26.5. The van der Waals surface area contributed by atoms with E-state index in [0.717, 1.165) is 74.4 Å².